The molecule has 1 saturated carbocycles. The number of carbonyl (C=O) groups is 1. The molecular formula is C14H22BrN3O. The molecule has 5 heteroatoms. The molecule has 1 amide bonds. The molecule has 0 bridgehead atoms. The van der Waals surface area contributed by atoms with E-state index in [1.165, 1.54) is 6.42 Å². The van der Waals surface area contributed by atoms with Crippen molar-refractivity contribution in [3.63, 3.8) is 0 Å². The molecule has 2 rings (SSSR count). The fraction of sp³-hybridized carbons (Fsp3) is 0.714. The van der Waals surface area contributed by atoms with E-state index in [2.05, 4.69) is 21.0 Å². The Hall–Kier alpha value is -0.840. The molecule has 4 nitrogen and oxygen atoms in total. The summed E-state index contributed by atoms with van der Waals surface area (Å²) in [6.07, 6.45) is 4.54. The molecule has 0 radical (unpaired) electrons. The van der Waals surface area contributed by atoms with Crippen LogP contribution in [0.25, 0.3) is 0 Å². The molecule has 0 aromatic carbocycles. The smallest absolute Gasteiger partial charge is 0.272 e. The second kappa shape index (κ2) is 6.55. The van der Waals surface area contributed by atoms with Gasteiger partial charge in [0.05, 0.1) is 5.69 Å². The number of halogens is 1. The highest BCUT2D eigenvalue weighted by Crippen LogP contribution is 2.26. The zero-order chi connectivity index (χ0) is 13.8. The number of hydrogen-bond acceptors (Lipinski definition) is 2. The number of rotatable bonds is 6. The van der Waals surface area contributed by atoms with E-state index in [0.29, 0.717) is 6.04 Å². The minimum atomic E-state index is 0.146. The van der Waals surface area contributed by atoms with Gasteiger partial charge in [0, 0.05) is 24.5 Å². The lowest BCUT2D eigenvalue weighted by Gasteiger charge is -2.37. The molecule has 1 aliphatic carbocycles. The molecule has 1 aromatic rings. The van der Waals surface area contributed by atoms with Gasteiger partial charge in [-0.2, -0.15) is 5.10 Å². The summed E-state index contributed by atoms with van der Waals surface area (Å²) in [6.45, 7) is 5.54. The van der Waals surface area contributed by atoms with Crippen molar-refractivity contribution in [3.8, 4) is 0 Å². The molecule has 0 unspecified atom stereocenters. The quantitative estimate of drug-likeness (QED) is 0.753. The fourth-order valence-electron chi connectivity index (χ4n) is 2.48. The predicted molar refractivity (Wildman–Crippen MR) is 79.7 cm³/mol. The summed E-state index contributed by atoms with van der Waals surface area (Å²) in [5.74, 6) is 0.146. The van der Waals surface area contributed by atoms with E-state index in [4.69, 9.17) is 0 Å². The van der Waals surface area contributed by atoms with Crippen molar-refractivity contribution in [3.05, 3.63) is 17.5 Å². The first-order valence-corrected chi connectivity index (χ1v) is 8.21. The van der Waals surface area contributed by atoms with Crippen molar-refractivity contribution >= 4 is 21.8 Å². The summed E-state index contributed by atoms with van der Waals surface area (Å²) in [6, 6.07) is 2.35. The lowest BCUT2D eigenvalue weighted by Crippen LogP contribution is -2.45. The van der Waals surface area contributed by atoms with E-state index in [1.54, 1.807) is 0 Å². The van der Waals surface area contributed by atoms with Gasteiger partial charge in [0.1, 0.15) is 5.69 Å². The Balaban J connectivity index is 2.17. The van der Waals surface area contributed by atoms with Crippen LogP contribution in [0.4, 0.5) is 0 Å². The largest absolute Gasteiger partial charge is 0.334 e. The van der Waals surface area contributed by atoms with Crippen LogP contribution in [0.5, 0.6) is 0 Å². The Morgan fingerprint density at radius 2 is 2.32 bits per heavy atom. The summed E-state index contributed by atoms with van der Waals surface area (Å²) in [5, 5.41) is 5.32. The molecule has 0 spiro atoms. The molecule has 1 aromatic heterocycles. The van der Waals surface area contributed by atoms with Crippen LogP contribution >= 0.6 is 15.9 Å². The predicted octanol–water partition coefficient (Wildman–Crippen LogP) is 2.99. The summed E-state index contributed by atoms with van der Waals surface area (Å²) < 4.78 is 1.82. The van der Waals surface area contributed by atoms with Gasteiger partial charge in [0.25, 0.3) is 5.91 Å². The Labute approximate surface area is 123 Å². The Morgan fingerprint density at radius 3 is 2.84 bits per heavy atom. The van der Waals surface area contributed by atoms with Gasteiger partial charge in [-0.05, 0) is 45.6 Å². The van der Waals surface area contributed by atoms with Crippen LogP contribution in [0.15, 0.2) is 6.07 Å². The van der Waals surface area contributed by atoms with Gasteiger partial charge in [-0.3, -0.25) is 9.48 Å². The third kappa shape index (κ3) is 3.19. The van der Waals surface area contributed by atoms with Crippen LogP contribution in [-0.2, 0) is 6.54 Å². The van der Waals surface area contributed by atoms with Gasteiger partial charge in [0.15, 0.2) is 0 Å². The van der Waals surface area contributed by atoms with Crippen LogP contribution in [0, 0.1) is 6.92 Å². The van der Waals surface area contributed by atoms with Gasteiger partial charge < -0.3 is 4.90 Å². The zero-order valence-corrected chi connectivity index (χ0v) is 13.3. The van der Waals surface area contributed by atoms with Crippen LogP contribution in [0.2, 0.25) is 0 Å². The summed E-state index contributed by atoms with van der Waals surface area (Å²) in [7, 11) is 0. The third-order valence-corrected chi connectivity index (χ3v) is 4.29. The number of aryl methyl sites for hydroxylation is 2. The third-order valence-electron chi connectivity index (χ3n) is 3.73. The van der Waals surface area contributed by atoms with Crippen molar-refractivity contribution in [1.82, 2.24) is 14.7 Å². The first-order valence-electron chi connectivity index (χ1n) is 7.08. The highest BCUT2D eigenvalue weighted by molar-refractivity contribution is 9.09. The van der Waals surface area contributed by atoms with Crippen molar-refractivity contribution in [2.45, 2.75) is 52.1 Å². The SMILES string of the molecule is CCn1nc(C)cc1C(=O)N(CCCBr)C1CCC1. The van der Waals surface area contributed by atoms with Gasteiger partial charge in [0.2, 0.25) is 0 Å². The van der Waals surface area contributed by atoms with E-state index in [1.807, 2.05) is 29.5 Å². The second-order valence-electron chi connectivity index (χ2n) is 5.11. The van der Waals surface area contributed by atoms with E-state index >= 15 is 0 Å². The van der Waals surface area contributed by atoms with Gasteiger partial charge in [-0.15, -0.1) is 0 Å². The molecule has 0 aliphatic heterocycles. The first kappa shape index (κ1) is 14.6. The summed E-state index contributed by atoms with van der Waals surface area (Å²) in [4.78, 5) is 14.8. The highest BCUT2D eigenvalue weighted by atomic mass is 79.9. The molecule has 19 heavy (non-hydrogen) atoms. The Kier molecular flexibility index (Phi) is 5.02. The minimum Gasteiger partial charge on any atom is -0.334 e. The number of carbonyl (C=O) groups excluding carboxylic acids is 1. The molecule has 1 fully saturated rings. The molecule has 1 heterocycles. The molecule has 106 valence electrons. The van der Waals surface area contributed by atoms with Crippen molar-refractivity contribution in [2.24, 2.45) is 0 Å². The van der Waals surface area contributed by atoms with Gasteiger partial charge in [-0.1, -0.05) is 15.9 Å². The normalized spacial score (nSPS) is 15.3. The van der Waals surface area contributed by atoms with Crippen molar-refractivity contribution in [1.29, 1.82) is 0 Å². The van der Waals surface area contributed by atoms with Crippen molar-refractivity contribution in [2.75, 3.05) is 11.9 Å². The molecule has 1 aliphatic rings. The average Bonchev–Trinajstić information content (AvgIpc) is 2.72. The number of nitrogens with zero attached hydrogens (tertiary/aromatic N) is 3. The minimum absolute atomic E-state index is 0.146. The van der Waals surface area contributed by atoms with E-state index in [9.17, 15) is 4.79 Å². The molecule has 0 N–H and O–H groups in total. The van der Waals surface area contributed by atoms with E-state index < -0.39 is 0 Å². The Morgan fingerprint density at radius 1 is 1.58 bits per heavy atom. The van der Waals surface area contributed by atoms with Crippen LogP contribution < -0.4 is 0 Å². The number of aromatic nitrogens is 2. The highest BCUT2D eigenvalue weighted by Gasteiger charge is 2.30. The van der Waals surface area contributed by atoms with Gasteiger partial charge >= 0.3 is 0 Å². The lowest BCUT2D eigenvalue weighted by atomic mass is 9.91. The first-order chi connectivity index (χ1) is 9.17. The molecule has 0 atom stereocenters. The van der Waals surface area contributed by atoms with Crippen LogP contribution in [0.1, 0.15) is 48.8 Å². The maximum absolute atomic E-state index is 12.7. The van der Waals surface area contributed by atoms with Crippen LogP contribution in [-0.4, -0.2) is 38.5 Å². The maximum Gasteiger partial charge on any atom is 0.272 e. The Bertz CT molecular complexity index is 440. The zero-order valence-electron chi connectivity index (χ0n) is 11.7. The average molecular weight is 328 g/mol. The number of alkyl halides is 1. The second-order valence-corrected chi connectivity index (χ2v) is 5.91. The number of amides is 1. The lowest BCUT2D eigenvalue weighted by molar-refractivity contribution is 0.0568. The molecular weight excluding hydrogens is 306 g/mol. The van der Waals surface area contributed by atoms with E-state index in [-0.39, 0.29) is 5.91 Å². The molecule has 0 saturated heterocycles. The van der Waals surface area contributed by atoms with Crippen LogP contribution in [0.3, 0.4) is 0 Å². The maximum atomic E-state index is 12.7. The summed E-state index contributed by atoms with van der Waals surface area (Å²) in [5.41, 5.74) is 1.65. The monoisotopic (exact) mass is 327 g/mol. The summed E-state index contributed by atoms with van der Waals surface area (Å²) >= 11 is 3.45. The standard InChI is InChI=1S/C14H22BrN3O/c1-3-18-13(10-11(2)16-18)14(19)17(9-5-8-15)12-6-4-7-12/h10,12H,3-9H2,1-2H3. The number of hydrogen-bond donors (Lipinski definition) is 0. The topological polar surface area (TPSA) is 38.1 Å². The van der Waals surface area contributed by atoms with Gasteiger partial charge in [-0.25, -0.2) is 0 Å². The fourth-order valence-corrected chi connectivity index (χ4v) is 2.74. The van der Waals surface area contributed by atoms with E-state index in [0.717, 1.165) is 49.1 Å². The van der Waals surface area contributed by atoms with Crippen molar-refractivity contribution < 1.29 is 4.79 Å².